The summed E-state index contributed by atoms with van der Waals surface area (Å²) >= 11 is 0. The smallest absolute Gasteiger partial charge is 0.0774 e. The maximum atomic E-state index is 6.10. The molecule has 1 heterocycles. The van der Waals surface area contributed by atoms with Crippen molar-refractivity contribution in [3.05, 3.63) is 34.9 Å². The molecule has 0 amide bonds. The summed E-state index contributed by atoms with van der Waals surface area (Å²) in [6.45, 7) is 9.80. The van der Waals surface area contributed by atoms with Gasteiger partial charge in [-0.2, -0.15) is 0 Å². The number of hydrogen-bond donors (Lipinski definition) is 1. The lowest BCUT2D eigenvalue weighted by Gasteiger charge is -2.27. The van der Waals surface area contributed by atoms with Crippen LogP contribution in [0.4, 0.5) is 0 Å². The average Bonchev–Trinajstić information content (AvgIpc) is 2.78. The summed E-state index contributed by atoms with van der Waals surface area (Å²) in [5, 5.41) is 3.68. The van der Waals surface area contributed by atoms with Gasteiger partial charge in [0.25, 0.3) is 0 Å². The van der Waals surface area contributed by atoms with Crippen molar-refractivity contribution < 1.29 is 4.74 Å². The van der Waals surface area contributed by atoms with Gasteiger partial charge in [0, 0.05) is 0 Å². The summed E-state index contributed by atoms with van der Waals surface area (Å²) < 4.78 is 6.10. The molecule has 1 saturated heterocycles. The van der Waals surface area contributed by atoms with E-state index in [9.17, 15) is 0 Å². The van der Waals surface area contributed by atoms with Crippen LogP contribution >= 0.6 is 0 Å². The zero-order chi connectivity index (χ0) is 13.8. The van der Waals surface area contributed by atoms with Gasteiger partial charge in [0.1, 0.15) is 0 Å². The van der Waals surface area contributed by atoms with E-state index in [2.05, 4.69) is 51.2 Å². The van der Waals surface area contributed by atoms with Gasteiger partial charge in [-0.25, -0.2) is 0 Å². The highest BCUT2D eigenvalue weighted by Gasteiger charge is 2.30. The quantitative estimate of drug-likeness (QED) is 0.867. The second-order valence-electron chi connectivity index (χ2n) is 5.85. The molecule has 0 aromatic heterocycles. The number of ether oxygens (including phenoxy) is 1. The van der Waals surface area contributed by atoms with E-state index in [0.29, 0.717) is 18.2 Å². The van der Waals surface area contributed by atoms with Crippen LogP contribution in [0, 0.1) is 13.8 Å². The Labute approximate surface area is 117 Å². The fourth-order valence-electron chi connectivity index (χ4n) is 2.99. The summed E-state index contributed by atoms with van der Waals surface area (Å²) in [6.07, 6.45) is 4.23. The third-order valence-electron chi connectivity index (χ3n) is 4.01. The molecular formula is C17H27NO. The van der Waals surface area contributed by atoms with E-state index in [1.807, 2.05) is 0 Å². The van der Waals surface area contributed by atoms with E-state index in [4.69, 9.17) is 4.74 Å². The molecule has 106 valence electrons. The van der Waals surface area contributed by atoms with Crippen LogP contribution < -0.4 is 5.32 Å². The molecule has 0 aliphatic carbocycles. The Balaban J connectivity index is 2.21. The molecule has 3 unspecified atom stereocenters. The number of hydrogen-bond acceptors (Lipinski definition) is 2. The summed E-state index contributed by atoms with van der Waals surface area (Å²) in [5.74, 6) is 0. The molecule has 1 aliphatic heterocycles. The standard InChI is InChI=1S/C17H27NO/c1-5-10-18-17(16-9-7-14(4)19-16)15-8-6-12(2)11-13(15)3/h6,8,11,14,16-18H,5,7,9-10H2,1-4H3. The molecule has 1 aliphatic rings. The Morgan fingerprint density at radius 3 is 2.68 bits per heavy atom. The molecule has 1 N–H and O–H groups in total. The monoisotopic (exact) mass is 261 g/mol. The molecule has 19 heavy (non-hydrogen) atoms. The maximum Gasteiger partial charge on any atom is 0.0774 e. The van der Waals surface area contributed by atoms with Crippen LogP contribution in [0.15, 0.2) is 18.2 Å². The predicted molar refractivity (Wildman–Crippen MR) is 80.5 cm³/mol. The lowest BCUT2D eigenvalue weighted by molar-refractivity contribution is 0.0315. The van der Waals surface area contributed by atoms with E-state index in [1.54, 1.807) is 0 Å². The van der Waals surface area contributed by atoms with Crippen LogP contribution in [-0.4, -0.2) is 18.8 Å². The molecule has 1 fully saturated rings. The topological polar surface area (TPSA) is 21.3 Å². The number of nitrogens with one attached hydrogen (secondary N) is 1. The van der Waals surface area contributed by atoms with Crippen molar-refractivity contribution in [3.63, 3.8) is 0 Å². The Bertz CT molecular complexity index is 416. The second kappa shape index (κ2) is 6.53. The fourth-order valence-corrected chi connectivity index (χ4v) is 2.99. The zero-order valence-corrected chi connectivity index (χ0v) is 12.7. The van der Waals surface area contributed by atoms with Gasteiger partial charge < -0.3 is 10.1 Å². The highest BCUT2D eigenvalue weighted by Crippen LogP contribution is 2.31. The molecule has 2 nitrogen and oxygen atoms in total. The summed E-state index contributed by atoms with van der Waals surface area (Å²) in [4.78, 5) is 0. The van der Waals surface area contributed by atoms with Gasteiger partial charge in [0.2, 0.25) is 0 Å². The molecule has 0 spiro atoms. The zero-order valence-electron chi connectivity index (χ0n) is 12.7. The van der Waals surface area contributed by atoms with Crippen molar-refractivity contribution in [2.24, 2.45) is 0 Å². The lowest BCUT2D eigenvalue weighted by atomic mass is 9.94. The number of aryl methyl sites for hydroxylation is 2. The minimum atomic E-state index is 0.322. The van der Waals surface area contributed by atoms with Gasteiger partial charge in [-0.15, -0.1) is 0 Å². The van der Waals surface area contributed by atoms with Crippen molar-refractivity contribution in [3.8, 4) is 0 Å². The molecule has 0 radical (unpaired) electrons. The molecule has 1 aromatic rings. The maximum absolute atomic E-state index is 6.10. The molecule has 3 atom stereocenters. The van der Waals surface area contributed by atoms with E-state index in [1.165, 1.54) is 23.1 Å². The second-order valence-corrected chi connectivity index (χ2v) is 5.85. The van der Waals surface area contributed by atoms with E-state index >= 15 is 0 Å². The van der Waals surface area contributed by atoms with E-state index in [0.717, 1.165) is 19.4 Å². The van der Waals surface area contributed by atoms with Gasteiger partial charge in [-0.1, -0.05) is 30.7 Å². The molecule has 0 saturated carbocycles. The van der Waals surface area contributed by atoms with Crippen LogP contribution in [0.5, 0.6) is 0 Å². The van der Waals surface area contributed by atoms with Crippen LogP contribution in [0.1, 0.15) is 55.8 Å². The largest absolute Gasteiger partial charge is 0.373 e. The van der Waals surface area contributed by atoms with Crippen molar-refractivity contribution in [1.82, 2.24) is 5.32 Å². The first-order valence-electron chi connectivity index (χ1n) is 7.57. The van der Waals surface area contributed by atoms with E-state index < -0.39 is 0 Å². The fraction of sp³-hybridized carbons (Fsp3) is 0.647. The third-order valence-corrected chi connectivity index (χ3v) is 4.01. The Hall–Kier alpha value is -0.860. The number of rotatable bonds is 5. The molecular weight excluding hydrogens is 234 g/mol. The summed E-state index contributed by atoms with van der Waals surface area (Å²) in [6, 6.07) is 7.09. The predicted octanol–water partition coefficient (Wildman–Crippen LogP) is 3.91. The third kappa shape index (κ3) is 3.58. The van der Waals surface area contributed by atoms with Crippen LogP contribution in [0.2, 0.25) is 0 Å². The Morgan fingerprint density at radius 1 is 1.32 bits per heavy atom. The van der Waals surface area contributed by atoms with Crippen LogP contribution in [-0.2, 0) is 4.74 Å². The van der Waals surface area contributed by atoms with Crippen molar-refractivity contribution in [2.45, 2.75) is 65.2 Å². The molecule has 0 bridgehead atoms. The van der Waals surface area contributed by atoms with Gasteiger partial charge in [0.05, 0.1) is 18.2 Å². The Morgan fingerprint density at radius 2 is 2.11 bits per heavy atom. The highest BCUT2D eigenvalue weighted by molar-refractivity contribution is 5.33. The summed E-state index contributed by atoms with van der Waals surface area (Å²) in [5.41, 5.74) is 4.10. The van der Waals surface area contributed by atoms with Gasteiger partial charge >= 0.3 is 0 Å². The average molecular weight is 261 g/mol. The first-order valence-corrected chi connectivity index (χ1v) is 7.57. The number of benzene rings is 1. The van der Waals surface area contributed by atoms with E-state index in [-0.39, 0.29) is 0 Å². The van der Waals surface area contributed by atoms with Gasteiger partial charge in [-0.3, -0.25) is 0 Å². The first kappa shape index (κ1) is 14.5. The molecule has 1 aromatic carbocycles. The van der Waals surface area contributed by atoms with Crippen LogP contribution in [0.25, 0.3) is 0 Å². The Kier molecular flexibility index (Phi) is 5.00. The van der Waals surface area contributed by atoms with Crippen molar-refractivity contribution >= 4 is 0 Å². The molecule has 2 heteroatoms. The minimum absolute atomic E-state index is 0.322. The first-order chi connectivity index (χ1) is 9.11. The minimum Gasteiger partial charge on any atom is -0.373 e. The lowest BCUT2D eigenvalue weighted by Crippen LogP contribution is -2.33. The van der Waals surface area contributed by atoms with Crippen molar-refractivity contribution in [2.75, 3.05) is 6.54 Å². The SMILES string of the molecule is CCCNC(c1ccc(C)cc1C)C1CCC(C)O1. The van der Waals surface area contributed by atoms with Gasteiger partial charge in [-0.05, 0) is 57.7 Å². The summed E-state index contributed by atoms with van der Waals surface area (Å²) in [7, 11) is 0. The normalized spacial score (nSPS) is 24.6. The van der Waals surface area contributed by atoms with Crippen molar-refractivity contribution in [1.29, 1.82) is 0 Å². The highest BCUT2D eigenvalue weighted by atomic mass is 16.5. The van der Waals surface area contributed by atoms with Gasteiger partial charge in [0.15, 0.2) is 0 Å². The molecule has 2 rings (SSSR count). The van der Waals surface area contributed by atoms with Crippen LogP contribution in [0.3, 0.4) is 0 Å².